The van der Waals surface area contributed by atoms with E-state index in [9.17, 15) is 4.79 Å². The fourth-order valence-electron chi connectivity index (χ4n) is 2.26. The van der Waals surface area contributed by atoms with Gasteiger partial charge >= 0.3 is 5.97 Å². The van der Waals surface area contributed by atoms with Gasteiger partial charge in [-0.15, -0.1) is 0 Å². The van der Waals surface area contributed by atoms with Crippen LogP contribution >= 0.6 is 0 Å². The van der Waals surface area contributed by atoms with Crippen molar-refractivity contribution in [2.75, 3.05) is 13.2 Å². The van der Waals surface area contributed by atoms with Crippen LogP contribution < -0.4 is 5.73 Å². The Kier molecular flexibility index (Phi) is 4.54. The molecule has 2 unspecified atom stereocenters. The summed E-state index contributed by atoms with van der Waals surface area (Å²) in [5, 5.41) is 9.08. The van der Waals surface area contributed by atoms with Gasteiger partial charge in [-0.1, -0.05) is 13.3 Å². The first kappa shape index (κ1) is 12.5. The Morgan fingerprint density at radius 2 is 2.33 bits per heavy atom. The topological polar surface area (TPSA) is 72.5 Å². The molecule has 1 rings (SSSR count). The van der Waals surface area contributed by atoms with Gasteiger partial charge in [-0.05, 0) is 31.6 Å². The molecule has 1 aliphatic rings. The molecule has 3 N–H and O–H groups in total. The predicted molar refractivity (Wildman–Crippen MR) is 57.6 cm³/mol. The number of ether oxygens (including phenoxy) is 1. The second-order valence-electron chi connectivity index (χ2n) is 4.34. The summed E-state index contributed by atoms with van der Waals surface area (Å²) in [6, 6.07) is 0. The largest absolute Gasteiger partial charge is 0.480 e. The smallest absolute Gasteiger partial charge is 0.323 e. The third-order valence-corrected chi connectivity index (χ3v) is 3.23. The van der Waals surface area contributed by atoms with Gasteiger partial charge < -0.3 is 15.6 Å². The lowest BCUT2D eigenvalue weighted by Crippen LogP contribution is -2.51. The SMILES string of the molecule is CCCOCCC1CCCC1(N)C(=O)O. The van der Waals surface area contributed by atoms with Crippen molar-refractivity contribution in [3.8, 4) is 0 Å². The summed E-state index contributed by atoms with van der Waals surface area (Å²) in [7, 11) is 0. The van der Waals surface area contributed by atoms with Crippen molar-refractivity contribution in [3.63, 3.8) is 0 Å². The minimum Gasteiger partial charge on any atom is -0.480 e. The molecule has 0 aliphatic heterocycles. The van der Waals surface area contributed by atoms with Gasteiger partial charge in [0.05, 0.1) is 0 Å². The molecular weight excluding hydrogens is 194 g/mol. The lowest BCUT2D eigenvalue weighted by molar-refractivity contribution is -0.145. The van der Waals surface area contributed by atoms with E-state index in [1.165, 1.54) is 0 Å². The Morgan fingerprint density at radius 3 is 2.93 bits per heavy atom. The van der Waals surface area contributed by atoms with Gasteiger partial charge in [0.2, 0.25) is 0 Å². The minimum atomic E-state index is -1.00. The summed E-state index contributed by atoms with van der Waals surface area (Å²) in [6.45, 7) is 3.43. The van der Waals surface area contributed by atoms with Crippen molar-refractivity contribution < 1.29 is 14.6 Å². The third kappa shape index (κ3) is 2.92. The van der Waals surface area contributed by atoms with E-state index in [1.807, 2.05) is 0 Å². The minimum absolute atomic E-state index is 0.0758. The van der Waals surface area contributed by atoms with E-state index in [4.69, 9.17) is 15.6 Å². The average Bonchev–Trinajstić information content (AvgIpc) is 2.56. The number of carboxylic acid groups (broad SMARTS) is 1. The normalized spacial score (nSPS) is 30.7. The maximum absolute atomic E-state index is 11.1. The van der Waals surface area contributed by atoms with Crippen LogP contribution in [-0.2, 0) is 9.53 Å². The van der Waals surface area contributed by atoms with Gasteiger partial charge in [-0.2, -0.15) is 0 Å². The van der Waals surface area contributed by atoms with E-state index in [0.717, 1.165) is 32.3 Å². The maximum atomic E-state index is 11.1. The van der Waals surface area contributed by atoms with E-state index in [1.54, 1.807) is 0 Å². The molecule has 4 heteroatoms. The zero-order chi connectivity index (χ0) is 11.3. The third-order valence-electron chi connectivity index (χ3n) is 3.23. The van der Waals surface area contributed by atoms with E-state index in [2.05, 4.69) is 6.92 Å². The Bertz CT molecular complexity index is 220. The van der Waals surface area contributed by atoms with Crippen molar-refractivity contribution in [2.24, 2.45) is 11.7 Å². The highest BCUT2D eigenvalue weighted by molar-refractivity contribution is 5.79. The number of carbonyl (C=O) groups is 1. The number of aliphatic carboxylic acids is 1. The van der Waals surface area contributed by atoms with Crippen LogP contribution in [0.1, 0.15) is 39.0 Å². The number of nitrogens with two attached hydrogens (primary N) is 1. The highest BCUT2D eigenvalue weighted by Gasteiger charge is 2.45. The Labute approximate surface area is 90.8 Å². The molecule has 1 aliphatic carbocycles. The van der Waals surface area contributed by atoms with Crippen molar-refractivity contribution in [2.45, 2.75) is 44.6 Å². The fourth-order valence-corrected chi connectivity index (χ4v) is 2.26. The van der Waals surface area contributed by atoms with Gasteiger partial charge in [0.1, 0.15) is 5.54 Å². The summed E-state index contributed by atoms with van der Waals surface area (Å²) in [6.07, 6.45) is 4.19. The number of hydrogen-bond acceptors (Lipinski definition) is 3. The molecule has 4 nitrogen and oxygen atoms in total. The highest BCUT2D eigenvalue weighted by atomic mass is 16.5. The number of hydrogen-bond donors (Lipinski definition) is 2. The van der Waals surface area contributed by atoms with Gasteiger partial charge in [-0.3, -0.25) is 4.79 Å². The molecule has 0 amide bonds. The Morgan fingerprint density at radius 1 is 1.60 bits per heavy atom. The lowest BCUT2D eigenvalue weighted by Gasteiger charge is -2.26. The van der Waals surface area contributed by atoms with Crippen LogP contribution in [0.4, 0.5) is 0 Å². The molecule has 0 heterocycles. The summed E-state index contributed by atoms with van der Waals surface area (Å²) < 4.78 is 5.37. The van der Waals surface area contributed by atoms with Crippen LogP contribution in [0.2, 0.25) is 0 Å². The zero-order valence-corrected chi connectivity index (χ0v) is 9.37. The van der Waals surface area contributed by atoms with Gasteiger partial charge in [0, 0.05) is 13.2 Å². The van der Waals surface area contributed by atoms with Crippen molar-refractivity contribution in [1.29, 1.82) is 0 Å². The van der Waals surface area contributed by atoms with E-state index < -0.39 is 11.5 Å². The quantitative estimate of drug-likeness (QED) is 0.657. The van der Waals surface area contributed by atoms with Crippen molar-refractivity contribution in [3.05, 3.63) is 0 Å². The van der Waals surface area contributed by atoms with Crippen LogP contribution in [0.25, 0.3) is 0 Å². The van der Waals surface area contributed by atoms with E-state index in [-0.39, 0.29) is 5.92 Å². The molecule has 0 aromatic heterocycles. The average molecular weight is 215 g/mol. The molecule has 0 spiro atoms. The van der Waals surface area contributed by atoms with Crippen LogP contribution in [0.3, 0.4) is 0 Å². The van der Waals surface area contributed by atoms with Crippen LogP contribution in [0.5, 0.6) is 0 Å². The Balaban J connectivity index is 2.37. The van der Waals surface area contributed by atoms with Gasteiger partial charge in [0.25, 0.3) is 0 Å². The van der Waals surface area contributed by atoms with E-state index >= 15 is 0 Å². The van der Waals surface area contributed by atoms with Crippen LogP contribution in [0.15, 0.2) is 0 Å². The lowest BCUT2D eigenvalue weighted by atomic mass is 9.86. The number of rotatable bonds is 6. The summed E-state index contributed by atoms with van der Waals surface area (Å²) in [5.41, 5.74) is 4.90. The number of carboxylic acids is 1. The van der Waals surface area contributed by atoms with Crippen LogP contribution in [-0.4, -0.2) is 29.8 Å². The van der Waals surface area contributed by atoms with E-state index in [0.29, 0.717) is 13.0 Å². The standard InChI is InChI=1S/C11H21NO3/c1-2-7-15-8-5-9-4-3-6-11(9,12)10(13)14/h9H,2-8,12H2,1H3,(H,13,14). The first-order valence-corrected chi connectivity index (χ1v) is 5.71. The Hall–Kier alpha value is -0.610. The molecule has 15 heavy (non-hydrogen) atoms. The second-order valence-corrected chi connectivity index (χ2v) is 4.34. The molecule has 1 fully saturated rings. The molecule has 0 bridgehead atoms. The maximum Gasteiger partial charge on any atom is 0.323 e. The van der Waals surface area contributed by atoms with Crippen molar-refractivity contribution >= 4 is 5.97 Å². The molecule has 0 aromatic carbocycles. The van der Waals surface area contributed by atoms with Crippen LogP contribution in [0, 0.1) is 5.92 Å². The fraction of sp³-hybridized carbons (Fsp3) is 0.909. The first-order valence-electron chi connectivity index (χ1n) is 5.71. The van der Waals surface area contributed by atoms with Crippen molar-refractivity contribution in [1.82, 2.24) is 0 Å². The monoisotopic (exact) mass is 215 g/mol. The zero-order valence-electron chi connectivity index (χ0n) is 9.37. The molecule has 0 radical (unpaired) electrons. The molecule has 2 atom stereocenters. The highest BCUT2D eigenvalue weighted by Crippen LogP contribution is 2.36. The first-order chi connectivity index (χ1) is 7.11. The predicted octanol–water partition coefficient (Wildman–Crippen LogP) is 1.39. The summed E-state index contributed by atoms with van der Waals surface area (Å²) >= 11 is 0. The van der Waals surface area contributed by atoms with Gasteiger partial charge in [-0.25, -0.2) is 0 Å². The molecule has 0 saturated heterocycles. The summed E-state index contributed by atoms with van der Waals surface area (Å²) in [5.74, 6) is -0.785. The molecule has 0 aromatic rings. The summed E-state index contributed by atoms with van der Waals surface area (Å²) in [4.78, 5) is 11.1. The second kappa shape index (κ2) is 5.47. The van der Waals surface area contributed by atoms with Gasteiger partial charge in [0.15, 0.2) is 0 Å². The molecule has 1 saturated carbocycles. The molecule has 88 valence electrons. The molecular formula is C11H21NO3.